The van der Waals surface area contributed by atoms with Gasteiger partial charge in [-0.2, -0.15) is 0 Å². The molecule has 0 atom stereocenters. The van der Waals surface area contributed by atoms with Crippen LogP contribution in [0.1, 0.15) is 19.4 Å². The molecule has 1 N–H and O–H groups in total. The van der Waals surface area contributed by atoms with Crippen molar-refractivity contribution in [3.63, 3.8) is 0 Å². The van der Waals surface area contributed by atoms with Crippen LogP contribution in [0.25, 0.3) is 0 Å². The lowest BCUT2D eigenvalue weighted by molar-refractivity contribution is 0.272. The molecule has 0 aliphatic rings. The maximum absolute atomic E-state index is 5.84. The smallest absolute Gasteiger partial charge is 0.142 e. The Bertz CT molecular complexity index is 567. The van der Waals surface area contributed by atoms with Crippen LogP contribution in [-0.4, -0.2) is 13.7 Å². The second kappa shape index (κ2) is 7.58. The summed E-state index contributed by atoms with van der Waals surface area (Å²) >= 11 is 0. The maximum Gasteiger partial charge on any atom is 0.142 e. The number of methoxy groups -OCH3 is 1. The lowest BCUT2D eigenvalue weighted by atomic mass is 10.2. The normalized spacial score (nSPS) is 10.5. The van der Waals surface area contributed by atoms with Crippen LogP contribution < -0.4 is 14.8 Å². The van der Waals surface area contributed by atoms with E-state index < -0.39 is 0 Å². The molecule has 112 valence electrons. The Kier molecular flexibility index (Phi) is 5.50. The van der Waals surface area contributed by atoms with Crippen molar-refractivity contribution >= 4 is 5.69 Å². The average molecular weight is 285 g/mol. The molecule has 0 aliphatic carbocycles. The molecule has 0 fully saturated rings. The number of nitrogens with one attached hydrogen (secondary N) is 1. The Hall–Kier alpha value is -2.16. The summed E-state index contributed by atoms with van der Waals surface area (Å²) in [6.45, 7) is 5.75. The third-order valence-electron chi connectivity index (χ3n) is 3.08. The average Bonchev–Trinajstić information content (AvgIpc) is 2.52. The van der Waals surface area contributed by atoms with Gasteiger partial charge < -0.3 is 14.8 Å². The summed E-state index contributed by atoms with van der Waals surface area (Å²) in [7, 11) is 1.68. The van der Waals surface area contributed by atoms with E-state index in [1.807, 2.05) is 42.5 Å². The van der Waals surface area contributed by atoms with Gasteiger partial charge in [-0.1, -0.05) is 38.1 Å². The third kappa shape index (κ3) is 4.71. The lowest BCUT2D eigenvalue weighted by Gasteiger charge is -2.14. The molecule has 0 aromatic heterocycles. The number of benzene rings is 2. The quantitative estimate of drug-likeness (QED) is 0.820. The molecule has 0 saturated heterocycles. The van der Waals surface area contributed by atoms with Crippen molar-refractivity contribution in [3.8, 4) is 11.5 Å². The van der Waals surface area contributed by atoms with Crippen LogP contribution in [0.3, 0.4) is 0 Å². The number of anilines is 1. The van der Waals surface area contributed by atoms with E-state index in [1.165, 1.54) is 5.56 Å². The second-order valence-electron chi connectivity index (χ2n) is 5.41. The Morgan fingerprint density at radius 1 is 1.05 bits per heavy atom. The first-order valence-electron chi connectivity index (χ1n) is 7.27. The predicted octanol–water partition coefficient (Wildman–Crippen LogP) is 4.34. The van der Waals surface area contributed by atoms with Gasteiger partial charge in [0, 0.05) is 6.54 Å². The van der Waals surface area contributed by atoms with Crippen LogP contribution in [0.2, 0.25) is 0 Å². The number of hydrogen-bond donors (Lipinski definition) is 1. The van der Waals surface area contributed by atoms with E-state index in [0.29, 0.717) is 5.92 Å². The molecule has 0 amide bonds. The molecule has 0 bridgehead atoms. The van der Waals surface area contributed by atoms with Gasteiger partial charge in [-0.15, -0.1) is 0 Å². The first kappa shape index (κ1) is 15.2. The highest BCUT2D eigenvalue weighted by Gasteiger charge is 2.04. The van der Waals surface area contributed by atoms with Gasteiger partial charge >= 0.3 is 0 Å². The number of hydrogen-bond acceptors (Lipinski definition) is 3. The first-order valence-corrected chi connectivity index (χ1v) is 7.27. The van der Waals surface area contributed by atoms with Gasteiger partial charge in [0.2, 0.25) is 0 Å². The monoisotopic (exact) mass is 285 g/mol. The number of ether oxygens (including phenoxy) is 2. The Balaban J connectivity index is 2.02. The number of rotatable bonds is 7. The summed E-state index contributed by atoms with van der Waals surface area (Å²) in [5, 5.41) is 3.42. The van der Waals surface area contributed by atoms with Crippen molar-refractivity contribution < 1.29 is 9.47 Å². The minimum Gasteiger partial charge on any atom is -0.497 e. The maximum atomic E-state index is 5.84. The van der Waals surface area contributed by atoms with E-state index >= 15 is 0 Å². The van der Waals surface area contributed by atoms with Crippen LogP contribution >= 0.6 is 0 Å². The minimum absolute atomic E-state index is 0.511. The van der Waals surface area contributed by atoms with Crippen molar-refractivity contribution in [2.45, 2.75) is 20.4 Å². The summed E-state index contributed by atoms with van der Waals surface area (Å²) in [6, 6.07) is 16.1. The Morgan fingerprint density at radius 3 is 2.62 bits per heavy atom. The van der Waals surface area contributed by atoms with E-state index in [2.05, 4.69) is 25.2 Å². The van der Waals surface area contributed by atoms with Gasteiger partial charge in [-0.3, -0.25) is 0 Å². The van der Waals surface area contributed by atoms with E-state index in [9.17, 15) is 0 Å². The van der Waals surface area contributed by atoms with Gasteiger partial charge in [-0.25, -0.2) is 0 Å². The molecule has 0 spiro atoms. The minimum atomic E-state index is 0.511. The molecular formula is C18H23NO2. The molecule has 0 saturated carbocycles. The van der Waals surface area contributed by atoms with E-state index in [1.54, 1.807) is 7.11 Å². The van der Waals surface area contributed by atoms with Gasteiger partial charge in [0.25, 0.3) is 0 Å². The highest BCUT2D eigenvalue weighted by atomic mass is 16.5. The topological polar surface area (TPSA) is 30.5 Å². The second-order valence-corrected chi connectivity index (χ2v) is 5.41. The van der Waals surface area contributed by atoms with Crippen LogP contribution in [0.4, 0.5) is 5.69 Å². The number of para-hydroxylation sites is 2. The molecule has 2 aromatic rings. The molecule has 3 heteroatoms. The van der Waals surface area contributed by atoms with Crippen molar-refractivity contribution in [3.05, 3.63) is 54.1 Å². The van der Waals surface area contributed by atoms with Crippen molar-refractivity contribution in [2.75, 3.05) is 19.0 Å². The summed E-state index contributed by atoms with van der Waals surface area (Å²) in [5.74, 6) is 2.28. The highest BCUT2D eigenvalue weighted by molar-refractivity contribution is 5.56. The molecule has 2 aromatic carbocycles. The third-order valence-corrected chi connectivity index (χ3v) is 3.08. The lowest BCUT2D eigenvalue weighted by Crippen LogP contribution is -2.07. The zero-order valence-electron chi connectivity index (χ0n) is 12.9. The first-order chi connectivity index (χ1) is 10.2. The summed E-state index contributed by atoms with van der Waals surface area (Å²) in [6.07, 6.45) is 0. The Morgan fingerprint density at radius 2 is 1.86 bits per heavy atom. The molecule has 0 radical (unpaired) electrons. The van der Waals surface area contributed by atoms with Crippen LogP contribution in [0.15, 0.2) is 48.5 Å². The fourth-order valence-electron chi connectivity index (χ4n) is 1.97. The summed E-state index contributed by atoms with van der Waals surface area (Å²) in [4.78, 5) is 0. The van der Waals surface area contributed by atoms with E-state index in [-0.39, 0.29) is 0 Å². The van der Waals surface area contributed by atoms with Crippen LogP contribution in [0.5, 0.6) is 11.5 Å². The van der Waals surface area contributed by atoms with Crippen molar-refractivity contribution in [2.24, 2.45) is 5.92 Å². The Labute approximate surface area is 126 Å². The van der Waals surface area contributed by atoms with Crippen LogP contribution in [-0.2, 0) is 6.54 Å². The van der Waals surface area contributed by atoms with Crippen molar-refractivity contribution in [1.29, 1.82) is 0 Å². The zero-order valence-corrected chi connectivity index (χ0v) is 12.9. The SMILES string of the molecule is COc1cccc(CNc2ccccc2OCC(C)C)c1. The van der Waals surface area contributed by atoms with Gasteiger partial charge in [0.1, 0.15) is 11.5 Å². The van der Waals surface area contributed by atoms with E-state index in [4.69, 9.17) is 9.47 Å². The van der Waals surface area contributed by atoms with Gasteiger partial charge in [0.05, 0.1) is 19.4 Å². The van der Waals surface area contributed by atoms with Gasteiger partial charge in [-0.05, 0) is 35.7 Å². The molecular weight excluding hydrogens is 262 g/mol. The fraction of sp³-hybridized carbons (Fsp3) is 0.333. The predicted molar refractivity (Wildman–Crippen MR) is 87.1 cm³/mol. The summed E-state index contributed by atoms with van der Waals surface area (Å²) in [5.41, 5.74) is 2.19. The van der Waals surface area contributed by atoms with E-state index in [0.717, 1.165) is 30.3 Å². The molecule has 0 heterocycles. The summed E-state index contributed by atoms with van der Waals surface area (Å²) < 4.78 is 11.1. The largest absolute Gasteiger partial charge is 0.497 e. The molecule has 0 aliphatic heterocycles. The molecule has 0 unspecified atom stereocenters. The highest BCUT2D eigenvalue weighted by Crippen LogP contribution is 2.25. The van der Waals surface area contributed by atoms with Crippen LogP contribution in [0, 0.1) is 5.92 Å². The molecule has 2 rings (SSSR count). The standard InChI is InChI=1S/C18H23NO2/c1-14(2)13-21-18-10-5-4-9-17(18)19-12-15-7-6-8-16(11-15)20-3/h4-11,14,19H,12-13H2,1-3H3. The van der Waals surface area contributed by atoms with Gasteiger partial charge in [0.15, 0.2) is 0 Å². The molecule has 21 heavy (non-hydrogen) atoms. The zero-order chi connectivity index (χ0) is 15.1. The molecule has 3 nitrogen and oxygen atoms in total. The van der Waals surface area contributed by atoms with Crippen molar-refractivity contribution in [1.82, 2.24) is 0 Å². The fourth-order valence-corrected chi connectivity index (χ4v) is 1.97.